The third-order valence-electron chi connectivity index (χ3n) is 3.31. The molecule has 0 spiro atoms. The third kappa shape index (κ3) is 3.58. The normalized spacial score (nSPS) is 11.4. The molecular formula is C19H16N2OS. The van der Waals surface area contributed by atoms with E-state index in [4.69, 9.17) is 4.74 Å². The first-order valence-corrected chi connectivity index (χ1v) is 8.32. The van der Waals surface area contributed by atoms with Crippen molar-refractivity contribution in [1.29, 1.82) is 5.26 Å². The molecule has 1 aromatic heterocycles. The number of rotatable bonds is 5. The van der Waals surface area contributed by atoms with E-state index in [9.17, 15) is 5.26 Å². The Kier molecular flexibility index (Phi) is 4.70. The number of hydrogen-bond donors (Lipinski definition) is 0. The fourth-order valence-electron chi connectivity index (χ4n) is 2.18. The van der Waals surface area contributed by atoms with Gasteiger partial charge in [-0.15, -0.1) is 11.3 Å². The van der Waals surface area contributed by atoms with Gasteiger partial charge in [-0.1, -0.05) is 31.2 Å². The van der Waals surface area contributed by atoms with Crippen molar-refractivity contribution in [2.45, 2.75) is 13.3 Å². The van der Waals surface area contributed by atoms with E-state index in [0.717, 1.165) is 33.0 Å². The van der Waals surface area contributed by atoms with Crippen molar-refractivity contribution in [3.05, 3.63) is 59.1 Å². The molecular weight excluding hydrogens is 304 g/mol. The number of hydrogen-bond acceptors (Lipinski definition) is 4. The summed E-state index contributed by atoms with van der Waals surface area (Å²) in [6, 6.07) is 17.9. The Morgan fingerprint density at radius 3 is 2.70 bits per heavy atom. The molecule has 0 amide bonds. The summed E-state index contributed by atoms with van der Waals surface area (Å²) in [6.45, 7) is 2.79. The zero-order valence-corrected chi connectivity index (χ0v) is 13.6. The lowest BCUT2D eigenvalue weighted by Crippen LogP contribution is -1.94. The lowest BCUT2D eigenvalue weighted by molar-refractivity contribution is 0.317. The Hall–Kier alpha value is -2.64. The molecule has 0 aliphatic carbocycles. The van der Waals surface area contributed by atoms with Crippen LogP contribution in [0.15, 0.2) is 48.5 Å². The maximum absolute atomic E-state index is 9.46. The number of fused-ring (bicyclic) bond motifs is 1. The van der Waals surface area contributed by atoms with Gasteiger partial charge >= 0.3 is 0 Å². The highest BCUT2D eigenvalue weighted by Gasteiger charge is 2.08. The van der Waals surface area contributed by atoms with Crippen molar-refractivity contribution in [1.82, 2.24) is 4.98 Å². The lowest BCUT2D eigenvalue weighted by Gasteiger charge is -2.04. The summed E-state index contributed by atoms with van der Waals surface area (Å²) in [4.78, 5) is 4.54. The van der Waals surface area contributed by atoms with E-state index < -0.39 is 0 Å². The lowest BCUT2D eigenvalue weighted by atomic mass is 10.1. The highest BCUT2D eigenvalue weighted by atomic mass is 32.1. The predicted octanol–water partition coefficient (Wildman–Crippen LogP) is 5.15. The van der Waals surface area contributed by atoms with Crippen LogP contribution in [-0.2, 0) is 0 Å². The molecule has 114 valence electrons. The minimum absolute atomic E-state index is 0.577. The van der Waals surface area contributed by atoms with Gasteiger partial charge in [0.2, 0.25) is 0 Å². The molecule has 0 radical (unpaired) electrons. The smallest absolute Gasteiger partial charge is 0.135 e. The van der Waals surface area contributed by atoms with Crippen LogP contribution < -0.4 is 4.74 Å². The number of benzene rings is 2. The van der Waals surface area contributed by atoms with E-state index in [1.165, 1.54) is 11.3 Å². The average Bonchev–Trinajstić information content (AvgIpc) is 3.02. The highest BCUT2D eigenvalue weighted by molar-refractivity contribution is 7.19. The summed E-state index contributed by atoms with van der Waals surface area (Å²) in [7, 11) is 0. The number of thiazole rings is 1. The van der Waals surface area contributed by atoms with Crippen LogP contribution in [0, 0.1) is 11.3 Å². The maximum Gasteiger partial charge on any atom is 0.135 e. The number of para-hydroxylation sites is 1. The van der Waals surface area contributed by atoms with E-state index in [1.807, 2.05) is 54.6 Å². The molecule has 1 heterocycles. The van der Waals surface area contributed by atoms with Gasteiger partial charge in [0.1, 0.15) is 16.8 Å². The van der Waals surface area contributed by atoms with Gasteiger partial charge in [0.05, 0.1) is 22.4 Å². The first kappa shape index (κ1) is 15.3. The zero-order valence-electron chi connectivity index (χ0n) is 12.8. The van der Waals surface area contributed by atoms with Crippen LogP contribution in [0.25, 0.3) is 21.9 Å². The Morgan fingerprint density at radius 1 is 1.22 bits per heavy atom. The van der Waals surface area contributed by atoms with E-state index in [1.54, 1.807) is 0 Å². The van der Waals surface area contributed by atoms with Gasteiger partial charge in [-0.25, -0.2) is 4.98 Å². The van der Waals surface area contributed by atoms with Gasteiger partial charge in [0, 0.05) is 0 Å². The van der Waals surface area contributed by atoms with E-state index in [0.29, 0.717) is 12.2 Å². The van der Waals surface area contributed by atoms with Crippen LogP contribution in [0.2, 0.25) is 0 Å². The molecule has 0 aliphatic rings. The second-order valence-corrected chi connectivity index (χ2v) is 6.10. The van der Waals surface area contributed by atoms with Gasteiger partial charge in [0.15, 0.2) is 0 Å². The molecule has 0 N–H and O–H groups in total. The molecule has 2 aromatic carbocycles. The quantitative estimate of drug-likeness (QED) is 0.611. The summed E-state index contributed by atoms with van der Waals surface area (Å²) < 4.78 is 6.66. The van der Waals surface area contributed by atoms with Crippen molar-refractivity contribution in [2.75, 3.05) is 6.61 Å². The molecule has 3 rings (SSSR count). The SMILES string of the molecule is CCCOc1ccc(/C=C(\C#N)c2nc3ccccc3s2)cc1. The Balaban J connectivity index is 1.88. The third-order valence-corrected chi connectivity index (χ3v) is 4.38. The van der Waals surface area contributed by atoms with Gasteiger partial charge < -0.3 is 4.74 Å². The monoisotopic (exact) mass is 320 g/mol. The van der Waals surface area contributed by atoms with E-state index in [2.05, 4.69) is 18.0 Å². The van der Waals surface area contributed by atoms with Crippen molar-refractivity contribution >= 4 is 33.2 Å². The zero-order chi connectivity index (χ0) is 16.1. The largest absolute Gasteiger partial charge is 0.494 e. The second kappa shape index (κ2) is 7.08. The second-order valence-electron chi connectivity index (χ2n) is 5.07. The van der Waals surface area contributed by atoms with Gasteiger partial charge in [-0.2, -0.15) is 5.26 Å². The van der Waals surface area contributed by atoms with Crippen LogP contribution >= 0.6 is 11.3 Å². The molecule has 0 atom stereocenters. The fourth-order valence-corrected chi connectivity index (χ4v) is 3.11. The Morgan fingerprint density at radius 2 is 2.00 bits per heavy atom. The minimum Gasteiger partial charge on any atom is -0.494 e. The van der Waals surface area contributed by atoms with Crippen molar-refractivity contribution < 1.29 is 4.74 Å². The van der Waals surface area contributed by atoms with Crippen LogP contribution in [-0.4, -0.2) is 11.6 Å². The number of nitriles is 1. The molecule has 0 aliphatic heterocycles. The maximum atomic E-state index is 9.46. The van der Waals surface area contributed by atoms with Gasteiger partial charge in [-0.3, -0.25) is 0 Å². The number of aromatic nitrogens is 1. The molecule has 3 aromatic rings. The summed E-state index contributed by atoms with van der Waals surface area (Å²) in [5.41, 5.74) is 2.47. The van der Waals surface area contributed by atoms with E-state index >= 15 is 0 Å². The summed E-state index contributed by atoms with van der Waals surface area (Å²) in [5.74, 6) is 0.850. The molecule has 0 unspecified atom stereocenters. The summed E-state index contributed by atoms with van der Waals surface area (Å²) in [6.07, 6.45) is 2.85. The fraction of sp³-hybridized carbons (Fsp3) is 0.158. The molecule has 4 heteroatoms. The number of ether oxygens (including phenoxy) is 1. The standard InChI is InChI=1S/C19H16N2OS/c1-2-11-22-16-9-7-14(8-10-16)12-15(13-20)19-21-17-5-3-4-6-18(17)23-19/h3-10,12H,2,11H2,1H3/b15-12+. The molecule has 0 fully saturated rings. The molecule has 23 heavy (non-hydrogen) atoms. The highest BCUT2D eigenvalue weighted by Crippen LogP contribution is 2.28. The first-order valence-electron chi connectivity index (χ1n) is 7.51. The van der Waals surface area contributed by atoms with Crippen LogP contribution in [0.3, 0.4) is 0 Å². The average molecular weight is 320 g/mol. The van der Waals surface area contributed by atoms with Crippen molar-refractivity contribution in [2.24, 2.45) is 0 Å². The minimum atomic E-state index is 0.577. The van der Waals surface area contributed by atoms with Gasteiger partial charge in [-0.05, 0) is 42.3 Å². The Bertz CT molecular complexity index is 839. The van der Waals surface area contributed by atoms with Crippen LogP contribution in [0.4, 0.5) is 0 Å². The number of nitrogens with zero attached hydrogens (tertiary/aromatic N) is 2. The predicted molar refractivity (Wildman–Crippen MR) is 95.3 cm³/mol. The molecule has 0 saturated heterocycles. The Labute approximate surface area is 139 Å². The molecule has 3 nitrogen and oxygen atoms in total. The molecule has 0 saturated carbocycles. The van der Waals surface area contributed by atoms with Crippen LogP contribution in [0.5, 0.6) is 5.75 Å². The first-order chi connectivity index (χ1) is 11.3. The summed E-state index contributed by atoms with van der Waals surface area (Å²) >= 11 is 1.54. The number of allylic oxidation sites excluding steroid dienone is 1. The van der Waals surface area contributed by atoms with Crippen molar-refractivity contribution in [3.63, 3.8) is 0 Å². The van der Waals surface area contributed by atoms with E-state index in [-0.39, 0.29) is 0 Å². The van der Waals surface area contributed by atoms with Crippen LogP contribution in [0.1, 0.15) is 23.9 Å². The summed E-state index contributed by atoms with van der Waals surface area (Å²) in [5, 5.41) is 10.2. The topological polar surface area (TPSA) is 45.9 Å². The van der Waals surface area contributed by atoms with Crippen molar-refractivity contribution in [3.8, 4) is 11.8 Å². The molecule has 0 bridgehead atoms. The van der Waals surface area contributed by atoms with Gasteiger partial charge in [0.25, 0.3) is 0 Å².